The van der Waals surface area contributed by atoms with E-state index in [0.717, 1.165) is 0 Å². The topological polar surface area (TPSA) is 50.2 Å². The van der Waals surface area contributed by atoms with E-state index >= 15 is 0 Å². The maximum atomic E-state index is 10.4. The van der Waals surface area contributed by atoms with E-state index in [2.05, 4.69) is 4.98 Å². The lowest BCUT2D eigenvalue weighted by molar-refractivity contribution is 0.0695. The lowest BCUT2D eigenvalue weighted by atomic mass is 10.2. The third kappa shape index (κ3) is 5.30. The number of hydrogen-bond donors (Lipinski definition) is 1. The van der Waals surface area contributed by atoms with Crippen LogP contribution in [0.25, 0.3) is 0 Å². The first-order valence-corrected chi connectivity index (χ1v) is 4.86. The van der Waals surface area contributed by atoms with Gasteiger partial charge in [0.1, 0.15) is 0 Å². The largest absolute Gasteiger partial charge is 0.478 e. The van der Waals surface area contributed by atoms with Crippen LogP contribution in [0, 0.1) is 6.92 Å². The Hall–Kier alpha value is -1.38. The van der Waals surface area contributed by atoms with Gasteiger partial charge in [0.2, 0.25) is 0 Å². The van der Waals surface area contributed by atoms with Crippen molar-refractivity contribution in [2.75, 3.05) is 0 Å². The van der Waals surface area contributed by atoms with Crippen molar-refractivity contribution in [3.8, 4) is 0 Å². The second-order valence-corrected chi connectivity index (χ2v) is 1.94. The van der Waals surface area contributed by atoms with Crippen molar-refractivity contribution < 1.29 is 9.90 Å². The molecule has 0 aliphatic carbocycles. The summed E-state index contributed by atoms with van der Waals surface area (Å²) in [6, 6.07) is 3.14. The molecule has 0 spiro atoms. The van der Waals surface area contributed by atoms with Crippen molar-refractivity contribution in [2.45, 2.75) is 34.6 Å². The lowest BCUT2D eigenvalue weighted by Gasteiger charge is -1.95. The number of hydrogen-bond acceptors (Lipinski definition) is 2. The van der Waals surface area contributed by atoms with Crippen molar-refractivity contribution in [1.82, 2.24) is 4.98 Å². The van der Waals surface area contributed by atoms with Gasteiger partial charge in [-0.2, -0.15) is 0 Å². The molecule has 0 aliphatic rings. The van der Waals surface area contributed by atoms with E-state index in [0.29, 0.717) is 5.69 Å². The van der Waals surface area contributed by atoms with Crippen LogP contribution in [0.2, 0.25) is 0 Å². The summed E-state index contributed by atoms with van der Waals surface area (Å²) >= 11 is 0. The van der Waals surface area contributed by atoms with Crippen LogP contribution in [0.3, 0.4) is 0 Å². The number of carboxylic acids is 1. The minimum absolute atomic E-state index is 0.266. The van der Waals surface area contributed by atoms with Crippen LogP contribution < -0.4 is 0 Å². The summed E-state index contributed by atoms with van der Waals surface area (Å²) < 4.78 is 0. The second-order valence-electron chi connectivity index (χ2n) is 1.94. The van der Waals surface area contributed by atoms with Gasteiger partial charge in [0.05, 0.1) is 11.3 Å². The minimum Gasteiger partial charge on any atom is -0.478 e. The Morgan fingerprint density at radius 2 is 1.79 bits per heavy atom. The Morgan fingerprint density at radius 3 is 2.07 bits per heavy atom. The molecule has 1 aromatic heterocycles. The number of carboxylic acid groups (broad SMARTS) is 1. The lowest BCUT2D eigenvalue weighted by Crippen LogP contribution is -2.00. The van der Waals surface area contributed by atoms with Gasteiger partial charge in [-0.25, -0.2) is 4.79 Å². The minimum atomic E-state index is -0.925. The van der Waals surface area contributed by atoms with Crippen LogP contribution in [0.15, 0.2) is 18.3 Å². The summed E-state index contributed by atoms with van der Waals surface area (Å²) in [5.41, 5.74) is 0.817. The SMILES string of the molecule is CC.CC.Cc1ncccc1C(=O)O. The normalized spacial score (nSPS) is 7.50. The molecule has 0 fully saturated rings. The Bertz CT molecular complexity index is 259. The first-order chi connectivity index (χ1) is 6.72. The number of rotatable bonds is 1. The third-order valence-corrected chi connectivity index (χ3v) is 1.24. The van der Waals surface area contributed by atoms with Gasteiger partial charge in [-0.15, -0.1) is 0 Å². The maximum Gasteiger partial charge on any atom is 0.337 e. The Morgan fingerprint density at radius 1 is 1.29 bits per heavy atom. The van der Waals surface area contributed by atoms with Crippen LogP contribution in [-0.4, -0.2) is 16.1 Å². The standard InChI is InChI=1S/C7H7NO2.2C2H6/c1-5-6(7(9)10)3-2-4-8-5;2*1-2/h2-4H,1H3,(H,9,10);2*1-2H3. The number of aromatic nitrogens is 1. The van der Waals surface area contributed by atoms with Crippen molar-refractivity contribution in [3.63, 3.8) is 0 Å². The first-order valence-electron chi connectivity index (χ1n) is 4.86. The van der Waals surface area contributed by atoms with Gasteiger partial charge in [0.15, 0.2) is 0 Å². The molecule has 0 aliphatic heterocycles. The quantitative estimate of drug-likeness (QED) is 0.752. The van der Waals surface area contributed by atoms with Gasteiger partial charge >= 0.3 is 5.97 Å². The van der Waals surface area contributed by atoms with Crippen LogP contribution in [0.1, 0.15) is 43.7 Å². The van der Waals surface area contributed by atoms with E-state index in [1.165, 1.54) is 6.07 Å². The molecule has 0 saturated carbocycles. The number of nitrogens with zero attached hydrogens (tertiary/aromatic N) is 1. The molecule has 3 heteroatoms. The summed E-state index contributed by atoms with van der Waals surface area (Å²) in [6.45, 7) is 9.67. The fourth-order valence-corrected chi connectivity index (χ4v) is 0.710. The zero-order chi connectivity index (χ0) is 11.6. The van der Waals surface area contributed by atoms with Crippen LogP contribution in [0.4, 0.5) is 0 Å². The monoisotopic (exact) mass is 197 g/mol. The van der Waals surface area contributed by atoms with Gasteiger partial charge in [0, 0.05) is 6.20 Å². The van der Waals surface area contributed by atoms with Crippen molar-refractivity contribution in [1.29, 1.82) is 0 Å². The Kier molecular flexibility index (Phi) is 10.5. The number of pyridine rings is 1. The van der Waals surface area contributed by atoms with Crippen molar-refractivity contribution in [2.24, 2.45) is 0 Å². The highest BCUT2D eigenvalue weighted by atomic mass is 16.4. The molecule has 0 saturated heterocycles. The predicted octanol–water partition coefficient (Wildman–Crippen LogP) is 3.14. The molecule has 80 valence electrons. The van der Waals surface area contributed by atoms with Gasteiger partial charge in [0.25, 0.3) is 0 Å². The Labute approximate surface area is 85.8 Å². The van der Waals surface area contributed by atoms with E-state index in [9.17, 15) is 4.79 Å². The van der Waals surface area contributed by atoms with E-state index in [1.807, 2.05) is 27.7 Å². The molecule has 1 aromatic rings. The van der Waals surface area contributed by atoms with E-state index in [1.54, 1.807) is 19.2 Å². The zero-order valence-corrected chi connectivity index (χ0v) is 9.53. The predicted molar refractivity (Wildman–Crippen MR) is 58.6 cm³/mol. The molecule has 0 aromatic carbocycles. The summed E-state index contributed by atoms with van der Waals surface area (Å²) in [6.07, 6.45) is 1.57. The highest BCUT2D eigenvalue weighted by Crippen LogP contribution is 2.01. The highest BCUT2D eigenvalue weighted by molar-refractivity contribution is 5.88. The molecule has 0 radical (unpaired) electrons. The molecule has 3 nitrogen and oxygen atoms in total. The van der Waals surface area contributed by atoms with Crippen molar-refractivity contribution in [3.05, 3.63) is 29.6 Å². The van der Waals surface area contributed by atoms with Crippen molar-refractivity contribution >= 4 is 5.97 Å². The zero-order valence-electron chi connectivity index (χ0n) is 9.53. The molecule has 1 heterocycles. The van der Waals surface area contributed by atoms with Gasteiger partial charge < -0.3 is 5.11 Å². The van der Waals surface area contributed by atoms with Crippen LogP contribution in [-0.2, 0) is 0 Å². The summed E-state index contributed by atoms with van der Waals surface area (Å²) in [5.74, 6) is -0.925. The molecule has 0 amide bonds. The summed E-state index contributed by atoms with van der Waals surface area (Å²) in [7, 11) is 0. The van der Waals surface area contributed by atoms with Crippen LogP contribution in [0.5, 0.6) is 0 Å². The molecule has 14 heavy (non-hydrogen) atoms. The van der Waals surface area contributed by atoms with Gasteiger partial charge in [-0.05, 0) is 19.1 Å². The van der Waals surface area contributed by atoms with Gasteiger partial charge in [-0.3, -0.25) is 4.98 Å². The average molecular weight is 197 g/mol. The highest BCUT2D eigenvalue weighted by Gasteiger charge is 2.04. The van der Waals surface area contributed by atoms with E-state index < -0.39 is 5.97 Å². The number of carbonyl (C=O) groups is 1. The molecule has 1 N–H and O–H groups in total. The second kappa shape index (κ2) is 9.71. The smallest absolute Gasteiger partial charge is 0.337 e. The molecular weight excluding hydrogens is 178 g/mol. The van der Waals surface area contributed by atoms with E-state index in [4.69, 9.17) is 5.11 Å². The number of aromatic carboxylic acids is 1. The molecule has 0 bridgehead atoms. The Balaban J connectivity index is 0. The first kappa shape index (κ1) is 15.1. The summed E-state index contributed by atoms with van der Waals surface area (Å²) in [4.78, 5) is 14.2. The van der Waals surface area contributed by atoms with Gasteiger partial charge in [-0.1, -0.05) is 27.7 Å². The fourth-order valence-electron chi connectivity index (χ4n) is 0.710. The molecule has 0 unspecified atom stereocenters. The summed E-state index contributed by atoms with van der Waals surface area (Å²) in [5, 5.41) is 8.53. The average Bonchev–Trinajstić information content (AvgIpc) is 2.24. The molecule has 1 rings (SSSR count). The molecular formula is C11H19NO2. The maximum absolute atomic E-state index is 10.4. The fraction of sp³-hybridized carbons (Fsp3) is 0.455. The van der Waals surface area contributed by atoms with Crippen LogP contribution >= 0.6 is 0 Å². The third-order valence-electron chi connectivity index (χ3n) is 1.24. The molecule has 0 atom stereocenters. The number of aryl methyl sites for hydroxylation is 1. The van der Waals surface area contributed by atoms with E-state index in [-0.39, 0.29) is 5.56 Å².